The summed E-state index contributed by atoms with van der Waals surface area (Å²) in [6.07, 6.45) is 5.67. The molecule has 2 heterocycles. The topological polar surface area (TPSA) is 40.0 Å². The molecule has 1 aliphatic heterocycles. The van der Waals surface area contributed by atoms with Crippen LogP contribution in [0.1, 0.15) is 31.4 Å². The number of amidine groups is 1. The maximum Gasteiger partial charge on any atom is 0.0963 e. The van der Waals surface area contributed by atoms with Crippen molar-refractivity contribution >= 4 is 5.84 Å². The van der Waals surface area contributed by atoms with Crippen LogP contribution in [0.3, 0.4) is 0 Å². The van der Waals surface area contributed by atoms with Crippen molar-refractivity contribution in [3.8, 4) is 0 Å². The number of nitrogens with zero attached hydrogens (tertiary/aromatic N) is 2. The molecule has 1 fully saturated rings. The number of pyridine rings is 1. The smallest absolute Gasteiger partial charge is 0.0963 e. The van der Waals surface area contributed by atoms with E-state index >= 15 is 0 Å². The SMILES string of the molecule is CC(c1ccncc1)N1CCCC1=N. The van der Waals surface area contributed by atoms with Gasteiger partial charge in [0.05, 0.1) is 11.9 Å². The summed E-state index contributed by atoms with van der Waals surface area (Å²) in [7, 11) is 0. The van der Waals surface area contributed by atoms with Crippen LogP contribution in [-0.2, 0) is 0 Å². The molecule has 3 nitrogen and oxygen atoms in total. The minimum atomic E-state index is 0.313. The van der Waals surface area contributed by atoms with Crippen molar-refractivity contribution in [2.75, 3.05) is 6.54 Å². The molecule has 1 aliphatic rings. The summed E-state index contributed by atoms with van der Waals surface area (Å²) in [5, 5.41) is 7.80. The van der Waals surface area contributed by atoms with E-state index < -0.39 is 0 Å². The number of nitrogens with one attached hydrogen (secondary N) is 1. The van der Waals surface area contributed by atoms with Gasteiger partial charge in [0.15, 0.2) is 0 Å². The first-order valence-electron chi connectivity index (χ1n) is 5.03. The standard InChI is InChI=1S/C11H15N3/c1-9(10-4-6-13-7-5-10)14-8-2-3-11(14)12/h4-7,9,12H,2-3,8H2,1H3. The Morgan fingerprint density at radius 3 is 2.71 bits per heavy atom. The molecule has 0 aliphatic carbocycles. The zero-order valence-corrected chi connectivity index (χ0v) is 8.40. The Bertz CT molecular complexity index is 321. The van der Waals surface area contributed by atoms with E-state index in [4.69, 9.17) is 5.41 Å². The van der Waals surface area contributed by atoms with Crippen LogP contribution >= 0.6 is 0 Å². The van der Waals surface area contributed by atoms with Crippen LogP contribution in [0.25, 0.3) is 0 Å². The van der Waals surface area contributed by atoms with Crippen molar-refractivity contribution in [1.29, 1.82) is 5.41 Å². The Balaban J connectivity index is 2.16. The van der Waals surface area contributed by atoms with Crippen LogP contribution in [0, 0.1) is 5.41 Å². The van der Waals surface area contributed by atoms with Gasteiger partial charge >= 0.3 is 0 Å². The summed E-state index contributed by atoms with van der Waals surface area (Å²) in [5.41, 5.74) is 1.24. The fraction of sp³-hybridized carbons (Fsp3) is 0.455. The van der Waals surface area contributed by atoms with Crippen LogP contribution in [0.15, 0.2) is 24.5 Å². The first-order chi connectivity index (χ1) is 6.79. The van der Waals surface area contributed by atoms with Gasteiger partial charge in [0, 0.05) is 25.4 Å². The highest BCUT2D eigenvalue weighted by atomic mass is 15.2. The van der Waals surface area contributed by atoms with E-state index in [9.17, 15) is 0 Å². The molecule has 14 heavy (non-hydrogen) atoms. The largest absolute Gasteiger partial charge is 0.354 e. The van der Waals surface area contributed by atoms with Gasteiger partial charge in [-0.2, -0.15) is 0 Å². The van der Waals surface area contributed by atoms with Gasteiger partial charge in [-0.15, -0.1) is 0 Å². The Morgan fingerprint density at radius 1 is 1.43 bits per heavy atom. The lowest BCUT2D eigenvalue weighted by Gasteiger charge is -2.26. The van der Waals surface area contributed by atoms with Gasteiger partial charge in [0.1, 0.15) is 0 Å². The number of aromatic nitrogens is 1. The van der Waals surface area contributed by atoms with Crippen molar-refractivity contribution in [3.63, 3.8) is 0 Å². The average molecular weight is 189 g/mol. The molecule has 0 saturated carbocycles. The van der Waals surface area contributed by atoms with Gasteiger partial charge < -0.3 is 4.90 Å². The van der Waals surface area contributed by atoms with Gasteiger partial charge in [0.2, 0.25) is 0 Å². The van der Waals surface area contributed by atoms with Gasteiger partial charge in [0.25, 0.3) is 0 Å². The van der Waals surface area contributed by atoms with Crippen LogP contribution < -0.4 is 0 Å². The average Bonchev–Trinajstić information content (AvgIpc) is 2.65. The molecule has 0 radical (unpaired) electrons. The first-order valence-corrected chi connectivity index (χ1v) is 5.03. The molecule has 0 bridgehead atoms. The van der Waals surface area contributed by atoms with Crippen LogP contribution in [-0.4, -0.2) is 22.3 Å². The number of hydrogen-bond acceptors (Lipinski definition) is 2. The van der Waals surface area contributed by atoms with E-state index in [1.54, 1.807) is 0 Å². The molecule has 1 N–H and O–H groups in total. The lowest BCUT2D eigenvalue weighted by Crippen LogP contribution is -2.27. The second-order valence-corrected chi connectivity index (χ2v) is 3.70. The van der Waals surface area contributed by atoms with Crippen molar-refractivity contribution in [2.45, 2.75) is 25.8 Å². The molecule has 1 atom stereocenters. The Morgan fingerprint density at radius 2 is 2.14 bits per heavy atom. The van der Waals surface area contributed by atoms with E-state index in [2.05, 4.69) is 16.8 Å². The molecule has 2 rings (SSSR count). The zero-order chi connectivity index (χ0) is 9.97. The van der Waals surface area contributed by atoms with E-state index in [-0.39, 0.29) is 0 Å². The minimum Gasteiger partial charge on any atom is -0.354 e. The molecule has 74 valence electrons. The first kappa shape index (κ1) is 9.19. The number of rotatable bonds is 2. The lowest BCUT2D eigenvalue weighted by atomic mass is 10.1. The maximum atomic E-state index is 7.80. The molecule has 0 aromatic carbocycles. The predicted molar refractivity (Wildman–Crippen MR) is 56.3 cm³/mol. The normalized spacial score (nSPS) is 18.6. The Hall–Kier alpha value is -1.38. The number of likely N-dealkylation sites (tertiary alicyclic amines) is 1. The summed E-state index contributed by atoms with van der Waals surface area (Å²) in [6.45, 7) is 3.16. The quantitative estimate of drug-likeness (QED) is 0.774. The number of hydrogen-bond donors (Lipinski definition) is 1. The monoisotopic (exact) mass is 189 g/mol. The highest BCUT2D eigenvalue weighted by Crippen LogP contribution is 2.24. The minimum absolute atomic E-state index is 0.313. The summed E-state index contributed by atoms with van der Waals surface area (Å²) in [6, 6.07) is 4.36. The Labute approximate surface area is 84.3 Å². The van der Waals surface area contributed by atoms with Gasteiger partial charge in [-0.1, -0.05) is 0 Å². The van der Waals surface area contributed by atoms with Gasteiger partial charge in [-0.3, -0.25) is 10.4 Å². The van der Waals surface area contributed by atoms with Crippen molar-refractivity contribution in [3.05, 3.63) is 30.1 Å². The molecular weight excluding hydrogens is 174 g/mol. The van der Waals surface area contributed by atoms with E-state index in [0.717, 1.165) is 25.2 Å². The zero-order valence-electron chi connectivity index (χ0n) is 8.40. The summed E-state index contributed by atoms with van der Waals surface area (Å²) < 4.78 is 0. The Kier molecular flexibility index (Phi) is 2.48. The third kappa shape index (κ3) is 1.62. The highest BCUT2D eigenvalue weighted by Gasteiger charge is 2.22. The van der Waals surface area contributed by atoms with E-state index in [1.807, 2.05) is 24.5 Å². The van der Waals surface area contributed by atoms with Crippen molar-refractivity contribution in [2.24, 2.45) is 0 Å². The third-order valence-corrected chi connectivity index (χ3v) is 2.82. The van der Waals surface area contributed by atoms with E-state index in [0.29, 0.717) is 6.04 Å². The van der Waals surface area contributed by atoms with Crippen molar-refractivity contribution < 1.29 is 0 Å². The van der Waals surface area contributed by atoms with Gasteiger partial charge in [-0.05, 0) is 31.0 Å². The van der Waals surface area contributed by atoms with Gasteiger partial charge in [-0.25, -0.2) is 0 Å². The molecule has 1 aromatic heterocycles. The van der Waals surface area contributed by atoms with Crippen LogP contribution in [0.4, 0.5) is 0 Å². The summed E-state index contributed by atoms with van der Waals surface area (Å²) in [4.78, 5) is 6.16. The molecule has 1 unspecified atom stereocenters. The maximum absolute atomic E-state index is 7.80. The summed E-state index contributed by atoms with van der Waals surface area (Å²) >= 11 is 0. The predicted octanol–water partition coefficient (Wildman–Crippen LogP) is 2.22. The van der Waals surface area contributed by atoms with Crippen LogP contribution in [0.2, 0.25) is 0 Å². The molecule has 1 saturated heterocycles. The molecule has 1 aromatic rings. The molecule has 0 amide bonds. The van der Waals surface area contributed by atoms with E-state index in [1.165, 1.54) is 5.56 Å². The van der Waals surface area contributed by atoms with Crippen molar-refractivity contribution in [1.82, 2.24) is 9.88 Å². The molecule has 0 spiro atoms. The second-order valence-electron chi connectivity index (χ2n) is 3.70. The third-order valence-electron chi connectivity index (χ3n) is 2.82. The second kappa shape index (κ2) is 3.78. The summed E-state index contributed by atoms with van der Waals surface area (Å²) in [5.74, 6) is 0.773. The fourth-order valence-electron chi connectivity index (χ4n) is 1.94. The molecular formula is C11H15N3. The fourth-order valence-corrected chi connectivity index (χ4v) is 1.94. The van der Waals surface area contributed by atoms with Crippen LogP contribution in [0.5, 0.6) is 0 Å². The highest BCUT2D eigenvalue weighted by molar-refractivity contribution is 5.81. The molecule has 3 heteroatoms. The lowest BCUT2D eigenvalue weighted by molar-refractivity contribution is 0.362.